The average molecular weight is 342 g/mol. The van der Waals surface area contributed by atoms with Crippen molar-refractivity contribution < 1.29 is 19.0 Å². The summed E-state index contributed by atoms with van der Waals surface area (Å²) in [6, 6.07) is 10.9. The minimum absolute atomic E-state index is 0.199. The molecule has 1 amide bonds. The normalized spacial score (nSPS) is 10.6. The summed E-state index contributed by atoms with van der Waals surface area (Å²) in [6.07, 6.45) is 5.65. The first-order chi connectivity index (χ1) is 12.2. The summed E-state index contributed by atoms with van der Waals surface area (Å²) in [4.78, 5) is 16.2. The second-order valence-electron chi connectivity index (χ2n) is 5.14. The number of ether oxygens (including phenoxy) is 3. The quantitative estimate of drug-likeness (QED) is 0.558. The molecule has 0 saturated carbocycles. The summed E-state index contributed by atoms with van der Waals surface area (Å²) in [6.45, 7) is 2.79. The van der Waals surface area contributed by atoms with E-state index in [9.17, 15) is 4.79 Å². The molecule has 6 nitrogen and oxygen atoms in total. The highest BCUT2D eigenvalue weighted by atomic mass is 16.7. The molecule has 0 saturated heterocycles. The number of benzene rings is 1. The summed E-state index contributed by atoms with van der Waals surface area (Å²) in [5, 5.41) is 2.73. The highest BCUT2D eigenvalue weighted by Crippen LogP contribution is 2.21. The number of rotatable bonds is 9. The van der Waals surface area contributed by atoms with Crippen LogP contribution in [0.4, 0.5) is 5.82 Å². The first kappa shape index (κ1) is 18.5. The Morgan fingerprint density at radius 2 is 2.00 bits per heavy atom. The summed E-state index contributed by atoms with van der Waals surface area (Å²) >= 11 is 0. The van der Waals surface area contributed by atoms with E-state index in [0.717, 1.165) is 12.0 Å². The lowest BCUT2D eigenvalue weighted by Gasteiger charge is -2.09. The predicted molar refractivity (Wildman–Crippen MR) is 96.6 cm³/mol. The Kier molecular flexibility index (Phi) is 7.46. The summed E-state index contributed by atoms with van der Waals surface area (Å²) in [5.74, 6) is 1.40. The summed E-state index contributed by atoms with van der Waals surface area (Å²) in [5.41, 5.74) is 0.878. The van der Waals surface area contributed by atoms with E-state index in [1.54, 1.807) is 31.5 Å². The van der Waals surface area contributed by atoms with E-state index in [2.05, 4.69) is 10.3 Å². The molecule has 0 aliphatic heterocycles. The van der Waals surface area contributed by atoms with Crippen LogP contribution in [0.3, 0.4) is 0 Å². The van der Waals surface area contributed by atoms with Crippen molar-refractivity contribution in [2.24, 2.45) is 0 Å². The standard InChI is InChI=1S/C19H22N2O4/c1-3-13-24-17-5-4-12-20-19(17)21-18(22)11-8-15-6-9-16(10-7-15)25-14-23-2/h4-12H,3,13-14H2,1-2H3,(H,20,21,22)/b11-8+. The van der Waals surface area contributed by atoms with Crippen molar-refractivity contribution in [3.63, 3.8) is 0 Å². The van der Waals surface area contributed by atoms with Crippen LogP contribution in [0.25, 0.3) is 6.08 Å². The van der Waals surface area contributed by atoms with Crippen LogP contribution in [0.5, 0.6) is 11.5 Å². The van der Waals surface area contributed by atoms with Gasteiger partial charge in [-0.15, -0.1) is 0 Å². The maximum absolute atomic E-state index is 12.1. The van der Waals surface area contributed by atoms with Gasteiger partial charge in [-0.25, -0.2) is 4.98 Å². The second kappa shape index (κ2) is 10.1. The van der Waals surface area contributed by atoms with E-state index in [0.29, 0.717) is 23.9 Å². The van der Waals surface area contributed by atoms with Crippen LogP contribution >= 0.6 is 0 Å². The topological polar surface area (TPSA) is 69.7 Å². The van der Waals surface area contributed by atoms with Crippen molar-refractivity contribution >= 4 is 17.8 Å². The maximum atomic E-state index is 12.1. The highest BCUT2D eigenvalue weighted by Gasteiger charge is 2.06. The fourth-order valence-electron chi connectivity index (χ4n) is 1.95. The lowest BCUT2D eigenvalue weighted by atomic mass is 10.2. The zero-order valence-electron chi connectivity index (χ0n) is 14.4. The number of hydrogen-bond donors (Lipinski definition) is 1. The Labute approximate surface area is 147 Å². The molecular weight excluding hydrogens is 320 g/mol. The minimum atomic E-state index is -0.278. The van der Waals surface area contributed by atoms with Gasteiger partial charge >= 0.3 is 0 Å². The van der Waals surface area contributed by atoms with E-state index in [-0.39, 0.29) is 12.7 Å². The number of carbonyl (C=O) groups excluding carboxylic acids is 1. The smallest absolute Gasteiger partial charge is 0.249 e. The summed E-state index contributed by atoms with van der Waals surface area (Å²) < 4.78 is 15.7. The van der Waals surface area contributed by atoms with Crippen LogP contribution in [0.15, 0.2) is 48.7 Å². The average Bonchev–Trinajstić information content (AvgIpc) is 2.65. The van der Waals surface area contributed by atoms with Crippen molar-refractivity contribution in [3.05, 3.63) is 54.2 Å². The molecule has 0 spiro atoms. The van der Waals surface area contributed by atoms with Gasteiger partial charge in [0.2, 0.25) is 5.91 Å². The molecule has 132 valence electrons. The summed E-state index contributed by atoms with van der Waals surface area (Å²) in [7, 11) is 1.57. The third-order valence-electron chi connectivity index (χ3n) is 3.12. The van der Waals surface area contributed by atoms with Crippen molar-refractivity contribution in [1.82, 2.24) is 4.98 Å². The molecule has 6 heteroatoms. The van der Waals surface area contributed by atoms with Gasteiger partial charge in [-0.05, 0) is 42.3 Å². The SMILES string of the molecule is CCCOc1cccnc1NC(=O)/C=C/c1ccc(OCOC)cc1. The van der Waals surface area contributed by atoms with Crippen LogP contribution in [0.1, 0.15) is 18.9 Å². The number of carbonyl (C=O) groups is 1. The van der Waals surface area contributed by atoms with Crippen LogP contribution in [-0.4, -0.2) is 31.4 Å². The Bertz CT molecular complexity index is 699. The lowest BCUT2D eigenvalue weighted by Crippen LogP contribution is -2.11. The van der Waals surface area contributed by atoms with Gasteiger partial charge in [0.15, 0.2) is 18.4 Å². The number of methoxy groups -OCH3 is 1. The fraction of sp³-hybridized carbons (Fsp3) is 0.263. The molecular formula is C19H22N2O4. The van der Waals surface area contributed by atoms with E-state index in [1.807, 2.05) is 31.2 Å². The van der Waals surface area contributed by atoms with Gasteiger partial charge in [0, 0.05) is 19.4 Å². The van der Waals surface area contributed by atoms with Crippen LogP contribution in [0.2, 0.25) is 0 Å². The highest BCUT2D eigenvalue weighted by molar-refractivity contribution is 6.02. The van der Waals surface area contributed by atoms with Crippen LogP contribution in [0, 0.1) is 0 Å². The van der Waals surface area contributed by atoms with E-state index < -0.39 is 0 Å². The molecule has 25 heavy (non-hydrogen) atoms. The molecule has 1 aromatic carbocycles. The number of amides is 1. The molecule has 2 aromatic rings. The largest absolute Gasteiger partial charge is 0.490 e. The van der Waals surface area contributed by atoms with Gasteiger partial charge in [0.25, 0.3) is 0 Å². The van der Waals surface area contributed by atoms with E-state index in [1.165, 1.54) is 6.08 Å². The van der Waals surface area contributed by atoms with Crippen molar-refractivity contribution in [1.29, 1.82) is 0 Å². The molecule has 0 fully saturated rings. The molecule has 0 aliphatic carbocycles. The lowest BCUT2D eigenvalue weighted by molar-refractivity contribution is -0.111. The monoisotopic (exact) mass is 342 g/mol. The number of aromatic nitrogens is 1. The Hall–Kier alpha value is -2.86. The Morgan fingerprint density at radius 3 is 2.72 bits per heavy atom. The second-order valence-corrected chi connectivity index (χ2v) is 5.14. The van der Waals surface area contributed by atoms with Gasteiger partial charge in [-0.2, -0.15) is 0 Å². The number of pyridine rings is 1. The van der Waals surface area contributed by atoms with Crippen LogP contribution < -0.4 is 14.8 Å². The Morgan fingerprint density at radius 1 is 1.20 bits per heavy atom. The first-order valence-corrected chi connectivity index (χ1v) is 8.01. The molecule has 0 radical (unpaired) electrons. The van der Waals surface area contributed by atoms with Gasteiger partial charge < -0.3 is 19.5 Å². The molecule has 1 aromatic heterocycles. The number of nitrogens with zero attached hydrogens (tertiary/aromatic N) is 1. The molecule has 0 unspecified atom stereocenters. The predicted octanol–water partition coefficient (Wildman–Crippen LogP) is 3.51. The molecule has 2 rings (SSSR count). The van der Waals surface area contributed by atoms with Gasteiger partial charge in [0.05, 0.1) is 6.61 Å². The fourth-order valence-corrected chi connectivity index (χ4v) is 1.95. The van der Waals surface area contributed by atoms with Crippen molar-refractivity contribution in [2.75, 3.05) is 25.8 Å². The van der Waals surface area contributed by atoms with Gasteiger partial charge in [-0.3, -0.25) is 4.79 Å². The molecule has 0 bridgehead atoms. The third-order valence-corrected chi connectivity index (χ3v) is 3.12. The number of nitrogens with one attached hydrogen (secondary N) is 1. The van der Waals surface area contributed by atoms with Gasteiger partial charge in [-0.1, -0.05) is 19.1 Å². The van der Waals surface area contributed by atoms with E-state index in [4.69, 9.17) is 14.2 Å². The van der Waals surface area contributed by atoms with Gasteiger partial charge in [0.1, 0.15) is 5.75 Å². The zero-order chi connectivity index (χ0) is 17.9. The third kappa shape index (κ3) is 6.27. The minimum Gasteiger partial charge on any atom is -0.490 e. The molecule has 0 aliphatic rings. The van der Waals surface area contributed by atoms with E-state index >= 15 is 0 Å². The first-order valence-electron chi connectivity index (χ1n) is 8.01. The molecule has 1 N–H and O–H groups in total. The number of hydrogen-bond acceptors (Lipinski definition) is 5. The zero-order valence-corrected chi connectivity index (χ0v) is 14.4. The van der Waals surface area contributed by atoms with Crippen LogP contribution in [-0.2, 0) is 9.53 Å². The van der Waals surface area contributed by atoms with Crippen molar-refractivity contribution in [2.45, 2.75) is 13.3 Å². The number of anilines is 1. The van der Waals surface area contributed by atoms with Crippen molar-refractivity contribution in [3.8, 4) is 11.5 Å². The molecule has 1 heterocycles. The Balaban J connectivity index is 1.94. The maximum Gasteiger partial charge on any atom is 0.249 e. The molecule has 0 atom stereocenters.